The summed E-state index contributed by atoms with van der Waals surface area (Å²) in [4.78, 5) is 12.9. The zero-order valence-electron chi connectivity index (χ0n) is 11.8. The Balaban J connectivity index is 3.35. The second kappa shape index (κ2) is 6.02. The zero-order chi connectivity index (χ0) is 14.7. The van der Waals surface area contributed by atoms with Gasteiger partial charge in [-0.3, -0.25) is 4.79 Å². The molecule has 106 valence electrons. The minimum atomic E-state index is -0.820. The third kappa shape index (κ3) is 3.67. The molecule has 1 aromatic carbocycles. The van der Waals surface area contributed by atoms with Crippen molar-refractivity contribution in [2.24, 2.45) is 5.73 Å². The second-order valence-corrected chi connectivity index (χ2v) is 5.02. The number of nitrogens with zero attached hydrogens (tertiary/aromatic N) is 1. The van der Waals surface area contributed by atoms with Crippen molar-refractivity contribution in [3.8, 4) is 0 Å². The average Bonchev–Trinajstić information content (AvgIpc) is 2.28. The number of rotatable bonds is 5. The lowest BCUT2D eigenvalue weighted by molar-refractivity contribution is -0.116. The van der Waals surface area contributed by atoms with Gasteiger partial charge in [0.25, 0.3) is 0 Å². The molecule has 0 unspecified atom stereocenters. The molecule has 19 heavy (non-hydrogen) atoms. The van der Waals surface area contributed by atoms with Crippen LogP contribution in [0.25, 0.3) is 0 Å². The standard InChI is InChI=1S/C14H21FN2O2/c1-8(2)17(7-14(16)19)13-5-9(3)12(15)6-11(13)10(4)18/h5-6,8,10,18H,7H2,1-4H3,(H2,16,19)/t10-/m0/s1. The number of amides is 1. The second-order valence-electron chi connectivity index (χ2n) is 5.02. The SMILES string of the molecule is Cc1cc(N(CC(N)=O)C(C)C)c([C@H](C)O)cc1F. The Kier molecular flexibility index (Phi) is 4.89. The van der Waals surface area contributed by atoms with Gasteiger partial charge in [-0.1, -0.05) is 0 Å². The number of hydrogen-bond donors (Lipinski definition) is 2. The Morgan fingerprint density at radius 1 is 1.42 bits per heavy atom. The molecular formula is C14H21FN2O2. The van der Waals surface area contributed by atoms with Gasteiger partial charge in [0.15, 0.2) is 0 Å². The van der Waals surface area contributed by atoms with Crippen molar-refractivity contribution in [3.05, 3.63) is 29.1 Å². The lowest BCUT2D eigenvalue weighted by Gasteiger charge is -2.31. The summed E-state index contributed by atoms with van der Waals surface area (Å²) >= 11 is 0. The van der Waals surface area contributed by atoms with Crippen LogP contribution >= 0.6 is 0 Å². The maximum absolute atomic E-state index is 13.6. The molecule has 1 amide bonds. The van der Waals surface area contributed by atoms with E-state index in [1.165, 1.54) is 6.07 Å². The van der Waals surface area contributed by atoms with Gasteiger partial charge in [0.2, 0.25) is 5.91 Å². The number of halogens is 1. The van der Waals surface area contributed by atoms with Crippen LogP contribution in [0.15, 0.2) is 12.1 Å². The van der Waals surface area contributed by atoms with Gasteiger partial charge in [0.05, 0.1) is 12.6 Å². The first kappa shape index (κ1) is 15.4. The number of primary amides is 1. The molecular weight excluding hydrogens is 247 g/mol. The van der Waals surface area contributed by atoms with Crippen LogP contribution in [0.1, 0.15) is 38.0 Å². The summed E-state index contributed by atoms with van der Waals surface area (Å²) in [6.45, 7) is 7.06. The van der Waals surface area contributed by atoms with Gasteiger partial charge in [-0.2, -0.15) is 0 Å². The van der Waals surface area contributed by atoms with E-state index in [4.69, 9.17) is 5.73 Å². The molecule has 0 saturated carbocycles. The molecule has 5 heteroatoms. The molecule has 4 nitrogen and oxygen atoms in total. The number of aliphatic hydroxyl groups is 1. The number of hydrogen-bond acceptors (Lipinski definition) is 3. The number of aliphatic hydroxyl groups excluding tert-OH is 1. The maximum Gasteiger partial charge on any atom is 0.236 e. The van der Waals surface area contributed by atoms with Gasteiger partial charge >= 0.3 is 0 Å². The van der Waals surface area contributed by atoms with E-state index >= 15 is 0 Å². The number of benzene rings is 1. The molecule has 1 aromatic rings. The maximum atomic E-state index is 13.6. The predicted molar refractivity (Wildman–Crippen MR) is 73.4 cm³/mol. The Labute approximate surface area is 113 Å². The fourth-order valence-corrected chi connectivity index (χ4v) is 1.98. The van der Waals surface area contributed by atoms with Crippen molar-refractivity contribution in [2.45, 2.75) is 39.8 Å². The summed E-state index contributed by atoms with van der Waals surface area (Å²) < 4.78 is 13.6. The van der Waals surface area contributed by atoms with Crippen LogP contribution in [0.5, 0.6) is 0 Å². The van der Waals surface area contributed by atoms with Crippen molar-refractivity contribution < 1.29 is 14.3 Å². The van der Waals surface area contributed by atoms with E-state index in [2.05, 4.69) is 0 Å². The summed E-state index contributed by atoms with van der Waals surface area (Å²) in [5.41, 5.74) is 6.81. The molecule has 0 radical (unpaired) electrons. The predicted octanol–water partition coefficient (Wildman–Crippen LogP) is 1.89. The summed E-state index contributed by atoms with van der Waals surface area (Å²) in [5, 5.41) is 9.78. The largest absolute Gasteiger partial charge is 0.389 e. The monoisotopic (exact) mass is 268 g/mol. The first-order valence-corrected chi connectivity index (χ1v) is 6.27. The van der Waals surface area contributed by atoms with Gasteiger partial charge in [-0.05, 0) is 45.4 Å². The van der Waals surface area contributed by atoms with Crippen molar-refractivity contribution in [1.29, 1.82) is 0 Å². The van der Waals surface area contributed by atoms with E-state index in [0.717, 1.165) is 0 Å². The van der Waals surface area contributed by atoms with Gasteiger partial charge in [0, 0.05) is 17.3 Å². The Morgan fingerprint density at radius 3 is 2.42 bits per heavy atom. The van der Waals surface area contributed by atoms with Gasteiger partial charge in [0.1, 0.15) is 5.82 Å². The average molecular weight is 268 g/mol. The fraction of sp³-hybridized carbons (Fsp3) is 0.500. The van der Waals surface area contributed by atoms with E-state index in [-0.39, 0.29) is 18.4 Å². The summed E-state index contributed by atoms with van der Waals surface area (Å²) in [6.07, 6.45) is -0.820. The van der Waals surface area contributed by atoms with Crippen LogP contribution in [0, 0.1) is 12.7 Å². The molecule has 0 spiro atoms. The molecule has 0 aliphatic carbocycles. The number of carbonyl (C=O) groups excluding carboxylic acids is 1. The molecule has 0 saturated heterocycles. The first-order valence-electron chi connectivity index (χ1n) is 6.27. The van der Waals surface area contributed by atoms with E-state index in [1.807, 2.05) is 13.8 Å². The summed E-state index contributed by atoms with van der Waals surface area (Å²) in [6, 6.07) is 2.96. The molecule has 1 atom stereocenters. The van der Waals surface area contributed by atoms with E-state index < -0.39 is 12.0 Å². The lowest BCUT2D eigenvalue weighted by Crippen LogP contribution is -2.39. The van der Waals surface area contributed by atoms with Crippen LogP contribution in [0.3, 0.4) is 0 Å². The van der Waals surface area contributed by atoms with Crippen molar-refractivity contribution in [2.75, 3.05) is 11.4 Å². The molecule has 0 fully saturated rings. The van der Waals surface area contributed by atoms with Crippen molar-refractivity contribution in [3.63, 3.8) is 0 Å². The number of anilines is 1. The molecule has 0 aromatic heterocycles. The summed E-state index contributed by atoms with van der Waals surface area (Å²) in [7, 11) is 0. The van der Waals surface area contributed by atoms with Crippen molar-refractivity contribution >= 4 is 11.6 Å². The molecule has 0 aliphatic rings. The Morgan fingerprint density at radius 2 is 2.00 bits per heavy atom. The van der Waals surface area contributed by atoms with Gasteiger partial charge in [-0.15, -0.1) is 0 Å². The Bertz CT molecular complexity index is 473. The zero-order valence-corrected chi connectivity index (χ0v) is 11.8. The first-order chi connectivity index (χ1) is 8.73. The van der Waals surface area contributed by atoms with Gasteiger partial charge < -0.3 is 15.7 Å². The number of nitrogens with two attached hydrogens (primary N) is 1. The fourth-order valence-electron chi connectivity index (χ4n) is 1.98. The molecule has 0 bridgehead atoms. The normalized spacial score (nSPS) is 12.6. The topological polar surface area (TPSA) is 66.6 Å². The molecule has 3 N–H and O–H groups in total. The van der Waals surface area contributed by atoms with E-state index in [0.29, 0.717) is 16.8 Å². The van der Waals surface area contributed by atoms with Crippen LogP contribution in [-0.4, -0.2) is 23.6 Å². The molecule has 1 rings (SSSR count). The summed E-state index contributed by atoms with van der Waals surface area (Å²) in [5.74, 6) is -0.838. The van der Waals surface area contributed by atoms with Crippen LogP contribution in [0.2, 0.25) is 0 Å². The van der Waals surface area contributed by atoms with Crippen LogP contribution in [-0.2, 0) is 4.79 Å². The van der Waals surface area contributed by atoms with Crippen LogP contribution < -0.4 is 10.6 Å². The number of carbonyl (C=O) groups is 1. The molecule has 0 heterocycles. The highest BCUT2D eigenvalue weighted by Gasteiger charge is 2.20. The smallest absolute Gasteiger partial charge is 0.236 e. The highest BCUT2D eigenvalue weighted by molar-refractivity contribution is 5.80. The Hall–Kier alpha value is -1.62. The minimum Gasteiger partial charge on any atom is -0.389 e. The van der Waals surface area contributed by atoms with E-state index in [1.54, 1.807) is 24.8 Å². The van der Waals surface area contributed by atoms with Crippen molar-refractivity contribution in [1.82, 2.24) is 0 Å². The number of aryl methyl sites for hydroxylation is 1. The van der Waals surface area contributed by atoms with Crippen LogP contribution in [0.4, 0.5) is 10.1 Å². The third-order valence-corrected chi connectivity index (χ3v) is 3.02. The van der Waals surface area contributed by atoms with E-state index in [9.17, 15) is 14.3 Å². The minimum absolute atomic E-state index is 0.00913. The highest BCUT2D eigenvalue weighted by atomic mass is 19.1. The quantitative estimate of drug-likeness (QED) is 0.857. The third-order valence-electron chi connectivity index (χ3n) is 3.02. The highest BCUT2D eigenvalue weighted by Crippen LogP contribution is 2.30. The lowest BCUT2D eigenvalue weighted by atomic mass is 10.0. The van der Waals surface area contributed by atoms with Gasteiger partial charge in [-0.25, -0.2) is 4.39 Å². The molecule has 0 aliphatic heterocycles.